The molecule has 0 spiro atoms. The van der Waals surface area contributed by atoms with Crippen LogP contribution in [-0.4, -0.2) is 0 Å². The average molecular weight is 382 g/mol. The van der Waals surface area contributed by atoms with Gasteiger partial charge in [0.1, 0.15) is 0 Å². The standard InChI is InChI=1S/C11H8Br2ClNS/c12-10-5-9(16-11(10)13)6-15-8-3-1-2-7(14)4-8/h1-5,15H,6H2. The van der Waals surface area contributed by atoms with Crippen LogP contribution in [0.25, 0.3) is 0 Å². The Hall–Kier alpha value is -0.0300. The van der Waals surface area contributed by atoms with E-state index in [4.69, 9.17) is 11.6 Å². The Kier molecular flexibility index (Phi) is 4.30. The number of nitrogens with one attached hydrogen (secondary N) is 1. The Morgan fingerprint density at radius 2 is 2.06 bits per heavy atom. The van der Waals surface area contributed by atoms with E-state index in [1.807, 2.05) is 24.3 Å². The second-order valence-corrected chi connectivity index (χ2v) is 6.94. The molecule has 0 aliphatic rings. The van der Waals surface area contributed by atoms with Crippen molar-refractivity contribution in [3.05, 3.63) is 48.5 Å². The van der Waals surface area contributed by atoms with Crippen molar-refractivity contribution in [2.45, 2.75) is 6.54 Å². The van der Waals surface area contributed by atoms with Gasteiger partial charge in [-0.3, -0.25) is 0 Å². The topological polar surface area (TPSA) is 12.0 Å². The lowest BCUT2D eigenvalue weighted by Crippen LogP contribution is -1.96. The second kappa shape index (κ2) is 5.54. The summed E-state index contributed by atoms with van der Waals surface area (Å²) in [5.41, 5.74) is 1.04. The van der Waals surface area contributed by atoms with E-state index in [0.29, 0.717) is 0 Å². The first-order valence-corrected chi connectivity index (χ1v) is 7.36. The van der Waals surface area contributed by atoms with Gasteiger partial charge in [-0.1, -0.05) is 17.7 Å². The molecule has 0 aliphatic carbocycles. The summed E-state index contributed by atoms with van der Waals surface area (Å²) in [6.07, 6.45) is 0. The highest BCUT2D eigenvalue weighted by molar-refractivity contribution is 9.13. The summed E-state index contributed by atoms with van der Waals surface area (Å²) in [4.78, 5) is 1.26. The van der Waals surface area contributed by atoms with Gasteiger partial charge in [0.15, 0.2) is 0 Å². The zero-order valence-corrected chi connectivity index (χ0v) is 12.9. The van der Waals surface area contributed by atoms with Gasteiger partial charge in [-0.25, -0.2) is 0 Å². The third-order valence-corrected chi connectivity index (χ3v) is 5.48. The van der Waals surface area contributed by atoms with Crippen molar-refractivity contribution in [2.24, 2.45) is 0 Å². The molecule has 0 radical (unpaired) electrons. The molecule has 1 nitrogen and oxygen atoms in total. The number of halogens is 3. The predicted molar refractivity (Wildman–Crippen MR) is 78.5 cm³/mol. The van der Waals surface area contributed by atoms with E-state index in [1.54, 1.807) is 11.3 Å². The summed E-state index contributed by atoms with van der Waals surface area (Å²) in [6.45, 7) is 0.801. The summed E-state index contributed by atoms with van der Waals surface area (Å²) >= 11 is 14.6. The summed E-state index contributed by atoms with van der Waals surface area (Å²) in [5.74, 6) is 0. The minimum atomic E-state index is 0.749. The monoisotopic (exact) mass is 379 g/mol. The summed E-state index contributed by atoms with van der Waals surface area (Å²) in [6, 6.07) is 9.82. The van der Waals surface area contributed by atoms with Crippen molar-refractivity contribution >= 4 is 60.5 Å². The van der Waals surface area contributed by atoms with Crippen LogP contribution in [0.4, 0.5) is 5.69 Å². The fraction of sp³-hybridized carbons (Fsp3) is 0.0909. The first kappa shape index (κ1) is 12.4. The molecular weight excluding hydrogens is 373 g/mol. The molecule has 0 saturated carbocycles. The van der Waals surface area contributed by atoms with Gasteiger partial charge < -0.3 is 5.32 Å². The molecule has 2 aromatic rings. The number of hydrogen-bond donors (Lipinski definition) is 1. The van der Waals surface area contributed by atoms with E-state index in [-0.39, 0.29) is 0 Å². The Balaban J connectivity index is 2.02. The van der Waals surface area contributed by atoms with E-state index in [9.17, 15) is 0 Å². The first-order valence-electron chi connectivity index (χ1n) is 4.58. The Morgan fingerprint density at radius 3 is 2.69 bits per heavy atom. The van der Waals surface area contributed by atoms with Gasteiger partial charge in [0.2, 0.25) is 0 Å². The van der Waals surface area contributed by atoms with Gasteiger partial charge in [0.25, 0.3) is 0 Å². The van der Waals surface area contributed by atoms with Gasteiger partial charge in [-0.2, -0.15) is 0 Å². The third kappa shape index (κ3) is 3.23. The molecule has 0 bridgehead atoms. The molecular formula is C11H8Br2ClNS. The third-order valence-electron chi connectivity index (χ3n) is 1.99. The van der Waals surface area contributed by atoms with Crippen molar-refractivity contribution < 1.29 is 0 Å². The number of anilines is 1. The normalized spacial score (nSPS) is 10.4. The van der Waals surface area contributed by atoms with Crippen LogP contribution < -0.4 is 5.32 Å². The molecule has 2 rings (SSSR count). The maximum Gasteiger partial charge on any atom is 0.0843 e. The number of rotatable bonds is 3. The van der Waals surface area contributed by atoms with Crippen LogP contribution in [0, 0.1) is 0 Å². The van der Waals surface area contributed by atoms with Crippen molar-refractivity contribution in [3.8, 4) is 0 Å². The SMILES string of the molecule is Clc1cccc(NCc2cc(Br)c(Br)s2)c1. The molecule has 84 valence electrons. The largest absolute Gasteiger partial charge is 0.380 e. The molecule has 1 aromatic heterocycles. The van der Waals surface area contributed by atoms with Crippen molar-refractivity contribution in [1.29, 1.82) is 0 Å². The predicted octanol–water partition coefficient (Wildman–Crippen LogP) is 5.54. The van der Waals surface area contributed by atoms with Crippen LogP contribution in [0.2, 0.25) is 5.02 Å². The molecule has 0 saturated heterocycles. The Bertz CT molecular complexity index is 479. The molecule has 1 N–H and O–H groups in total. The zero-order valence-electron chi connectivity index (χ0n) is 8.14. The van der Waals surface area contributed by atoms with E-state index in [0.717, 1.165) is 25.5 Å². The van der Waals surface area contributed by atoms with Crippen LogP contribution in [0.1, 0.15) is 4.88 Å². The van der Waals surface area contributed by atoms with E-state index >= 15 is 0 Å². The van der Waals surface area contributed by atoms with E-state index < -0.39 is 0 Å². The molecule has 16 heavy (non-hydrogen) atoms. The summed E-state index contributed by atoms with van der Waals surface area (Å²) in [7, 11) is 0. The minimum Gasteiger partial charge on any atom is -0.380 e. The van der Waals surface area contributed by atoms with Gasteiger partial charge in [-0.05, 0) is 56.1 Å². The molecule has 0 amide bonds. The van der Waals surface area contributed by atoms with Crippen LogP contribution in [0.15, 0.2) is 38.6 Å². The highest BCUT2D eigenvalue weighted by Crippen LogP contribution is 2.32. The second-order valence-electron chi connectivity index (χ2n) is 3.20. The first-order chi connectivity index (χ1) is 7.65. The van der Waals surface area contributed by atoms with Gasteiger partial charge in [0, 0.05) is 26.6 Å². The molecule has 0 fully saturated rings. The van der Waals surface area contributed by atoms with Crippen LogP contribution in [0.5, 0.6) is 0 Å². The Labute approximate surface area is 120 Å². The number of thiophene rings is 1. The lowest BCUT2D eigenvalue weighted by Gasteiger charge is -2.04. The molecule has 0 unspecified atom stereocenters. The molecule has 5 heteroatoms. The molecule has 0 atom stereocenters. The molecule has 1 aromatic carbocycles. The fourth-order valence-corrected chi connectivity index (χ4v) is 3.57. The minimum absolute atomic E-state index is 0.749. The lowest BCUT2D eigenvalue weighted by atomic mass is 10.3. The summed E-state index contributed by atoms with van der Waals surface area (Å²) in [5, 5.41) is 4.08. The van der Waals surface area contributed by atoms with Gasteiger partial charge in [0.05, 0.1) is 3.79 Å². The molecule has 1 heterocycles. The Morgan fingerprint density at radius 1 is 1.25 bits per heavy atom. The van der Waals surface area contributed by atoms with Gasteiger partial charge >= 0.3 is 0 Å². The number of benzene rings is 1. The zero-order chi connectivity index (χ0) is 11.5. The van der Waals surface area contributed by atoms with Crippen LogP contribution in [0.3, 0.4) is 0 Å². The summed E-state index contributed by atoms with van der Waals surface area (Å²) < 4.78 is 2.22. The maximum atomic E-state index is 5.90. The van der Waals surface area contributed by atoms with Crippen LogP contribution in [-0.2, 0) is 6.54 Å². The van der Waals surface area contributed by atoms with Crippen molar-refractivity contribution in [3.63, 3.8) is 0 Å². The van der Waals surface area contributed by atoms with Crippen molar-refractivity contribution in [1.82, 2.24) is 0 Å². The highest BCUT2D eigenvalue weighted by atomic mass is 79.9. The lowest BCUT2D eigenvalue weighted by molar-refractivity contribution is 1.19. The van der Waals surface area contributed by atoms with E-state index in [2.05, 4.69) is 43.2 Å². The highest BCUT2D eigenvalue weighted by Gasteiger charge is 2.03. The van der Waals surface area contributed by atoms with Crippen molar-refractivity contribution in [2.75, 3.05) is 5.32 Å². The smallest absolute Gasteiger partial charge is 0.0843 e. The number of hydrogen-bond acceptors (Lipinski definition) is 2. The van der Waals surface area contributed by atoms with E-state index in [1.165, 1.54) is 4.88 Å². The fourth-order valence-electron chi connectivity index (χ4n) is 1.27. The van der Waals surface area contributed by atoms with Gasteiger partial charge in [-0.15, -0.1) is 11.3 Å². The molecule has 0 aliphatic heterocycles. The quantitative estimate of drug-likeness (QED) is 0.736. The van der Waals surface area contributed by atoms with Crippen LogP contribution >= 0.6 is 54.8 Å². The average Bonchev–Trinajstić information content (AvgIpc) is 2.56. The maximum absolute atomic E-state index is 5.90.